The van der Waals surface area contributed by atoms with Gasteiger partial charge < -0.3 is 5.32 Å². The number of amides is 1. The van der Waals surface area contributed by atoms with Crippen LogP contribution < -0.4 is 9.62 Å². The lowest BCUT2D eigenvalue weighted by atomic mass is 10.1. The highest BCUT2D eigenvalue weighted by Crippen LogP contribution is 2.25. The van der Waals surface area contributed by atoms with Crippen LogP contribution in [0.1, 0.15) is 16.7 Å². The normalized spacial score (nSPS) is 11.2. The number of carbonyl (C=O) groups is 1. The summed E-state index contributed by atoms with van der Waals surface area (Å²) in [5.74, 6) is 1.24. The lowest BCUT2D eigenvalue weighted by molar-refractivity contribution is -0.119. The van der Waals surface area contributed by atoms with Crippen LogP contribution in [0.15, 0.2) is 77.7 Å². The highest BCUT2D eigenvalue weighted by Gasteiger charge is 2.27. The lowest BCUT2D eigenvalue weighted by Gasteiger charge is -2.24. The number of thioether (sulfide) groups is 1. The van der Waals surface area contributed by atoms with E-state index in [1.165, 1.54) is 35.4 Å². The number of sulfonamides is 1. The zero-order valence-electron chi connectivity index (χ0n) is 18.6. The molecule has 0 saturated carbocycles. The summed E-state index contributed by atoms with van der Waals surface area (Å²) in [5.41, 5.74) is 3.95. The van der Waals surface area contributed by atoms with Crippen LogP contribution in [0.3, 0.4) is 0 Å². The van der Waals surface area contributed by atoms with Gasteiger partial charge in [0.05, 0.1) is 10.6 Å². The van der Waals surface area contributed by atoms with Crippen LogP contribution in [0.25, 0.3) is 0 Å². The molecule has 0 saturated heterocycles. The summed E-state index contributed by atoms with van der Waals surface area (Å²) in [6, 6.07) is 21.2. The van der Waals surface area contributed by atoms with Crippen LogP contribution >= 0.6 is 23.4 Å². The molecule has 3 aromatic carbocycles. The number of nitrogens with zero attached hydrogens (tertiary/aromatic N) is 1. The predicted molar refractivity (Wildman–Crippen MR) is 138 cm³/mol. The fourth-order valence-electron chi connectivity index (χ4n) is 3.16. The molecule has 0 atom stereocenters. The molecule has 0 aromatic heterocycles. The maximum Gasteiger partial charge on any atom is 0.264 e. The number of aryl methyl sites for hydroxylation is 2. The summed E-state index contributed by atoms with van der Waals surface area (Å²) in [6.07, 6.45) is 0. The molecule has 0 fully saturated rings. The number of rotatable bonds is 10. The summed E-state index contributed by atoms with van der Waals surface area (Å²) in [4.78, 5) is 12.7. The third kappa shape index (κ3) is 7.00. The largest absolute Gasteiger partial charge is 0.354 e. The molecule has 0 unspecified atom stereocenters. The lowest BCUT2D eigenvalue weighted by Crippen LogP contribution is -2.41. The van der Waals surface area contributed by atoms with Crippen molar-refractivity contribution >= 4 is 45.0 Å². The summed E-state index contributed by atoms with van der Waals surface area (Å²) in [5, 5.41) is 3.28. The first-order valence-corrected chi connectivity index (χ1v) is 13.5. The second-order valence-electron chi connectivity index (χ2n) is 7.63. The molecule has 5 nitrogen and oxygen atoms in total. The first kappa shape index (κ1) is 25.1. The number of hydrogen-bond donors (Lipinski definition) is 1. The fourth-order valence-corrected chi connectivity index (χ4v) is 5.64. The van der Waals surface area contributed by atoms with Crippen LogP contribution in [0, 0.1) is 13.8 Å². The molecule has 3 rings (SSSR count). The Morgan fingerprint density at radius 1 is 0.970 bits per heavy atom. The van der Waals surface area contributed by atoms with Gasteiger partial charge in [0.2, 0.25) is 5.91 Å². The molecule has 3 aromatic rings. The first-order chi connectivity index (χ1) is 15.8. The van der Waals surface area contributed by atoms with E-state index in [1.54, 1.807) is 23.9 Å². The maximum atomic E-state index is 13.3. The summed E-state index contributed by atoms with van der Waals surface area (Å²) in [7, 11) is -3.95. The Morgan fingerprint density at radius 3 is 2.30 bits per heavy atom. The van der Waals surface area contributed by atoms with Crippen molar-refractivity contribution < 1.29 is 13.2 Å². The van der Waals surface area contributed by atoms with Gasteiger partial charge in [-0.15, -0.1) is 0 Å². The highest BCUT2D eigenvalue weighted by atomic mass is 35.5. The van der Waals surface area contributed by atoms with Crippen molar-refractivity contribution in [3.63, 3.8) is 0 Å². The quantitative estimate of drug-likeness (QED) is 0.387. The van der Waals surface area contributed by atoms with Gasteiger partial charge in [-0.2, -0.15) is 11.8 Å². The second kappa shape index (κ2) is 11.6. The van der Waals surface area contributed by atoms with Gasteiger partial charge in [0, 0.05) is 23.1 Å². The molecule has 0 heterocycles. The van der Waals surface area contributed by atoms with Crippen LogP contribution in [0.5, 0.6) is 0 Å². The van der Waals surface area contributed by atoms with E-state index in [0.717, 1.165) is 21.4 Å². The zero-order valence-corrected chi connectivity index (χ0v) is 21.0. The molecule has 8 heteroatoms. The van der Waals surface area contributed by atoms with Crippen molar-refractivity contribution in [1.82, 2.24) is 5.32 Å². The number of nitrogens with one attached hydrogen (secondary N) is 1. The molecule has 0 aliphatic heterocycles. The van der Waals surface area contributed by atoms with Gasteiger partial charge in [0.25, 0.3) is 10.0 Å². The molecule has 0 aliphatic rings. The van der Waals surface area contributed by atoms with Crippen LogP contribution in [-0.4, -0.2) is 33.2 Å². The summed E-state index contributed by atoms with van der Waals surface area (Å²) < 4.78 is 27.8. The van der Waals surface area contributed by atoms with E-state index >= 15 is 0 Å². The topological polar surface area (TPSA) is 66.5 Å². The third-order valence-electron chi connectivity index (χ3n) is 5.10. The van der Waals surface area contributed by atoms with E-state index in [-0.39, 0.29) is 17.3 Å². The Bertz CT molecular complexity index is 1180. The number of hydrogen-bond acceptors (Lipinski definition) is 4. The van der Waals surface area contributed by atoms with E-state index in [4.69, 9.17) is 11.6 Å². The average molecular weight is 503 g/mol. The first-order valence-electron chi connectivity index (χ1n) is 10.5. The Balaban J connectivity index is 1.64. The molecule has 0 bridgehead atoms. The minimum absolute atomic E-state index is 0.0778. The van der Waals surface area contributed by atoms with Crippen molar-refractivity contribution in [3.05, 3.63) is 94.5 Å². The molecule has 33 heavy (non-hydrogen) atoms. The molecule has 0 spiro atoms. The number of halogens is 1. The summed E-state index contributed by atoms with van der Waals surface area (Å²) in [6.45, 7) is 4.15. The minimum atomic E-state index is -3.95. The average Bonchev–Trinajstić information content (AvgIpc) is 2.79. The molecule has 1 amide bonds. The minimum Gasteiger partial charge on any atom is -0.354 e. The van der Waals surface area contributed by atoms with Gasteiger partial charge in [-0.3, -0.25) is 9.10 Å². The van der Waals surface area contributed by atoms with Crippen molar-refractivity contribution in [2.75, 3.05) is 23.1 Å². The van der Waals surface area contributed by atoms with Crippen LogP contribution in [0.4, 0.5) is 5.69 Å². The Morgan fingerprint density at radius 2 is 1.64 bits per heavy atom. The number of carbonyl (C=O) groups excluding carboxylic acids is 1. The fraction of sp³-hybridized carbons (Fsp3) is 0.240. The van der Waals surface area contributed by atoms with Crippen molar-refractivity contribution in [1.29, 1.82) is 0 Å². The van der Waals surface area contributed by atoms with E-state index in [9.17, 15) is 13.2 Å². The van der Waals surface area contributed by atoms with Gasteiger partial charge in [0.1, 0.15) is 6.54 Å². The molecule has 0 aliphatic carbocycles. The molecule has 0 radical (unpaired) electrons. The molecule has 1 N–H and O–H groups in total. The van der Waals surface area contributed by atoms with Crippen LogP contribution in [0.2, 0.25) is 5.02 Å². The highest BCUT2D eigenvalue weighted by molar-refractivity contribution is 7.98. The van der Waals surface area contributed by atoms with Gasteiger partial charge in [-0.1, -0.05) is 53.6 Å². The number of anilines is 1. The standard InChI is InChI=1S/C25H27ClN2O3S2/c1-19-7-11-23(12-8-19)28(33(30,31)24-13-9-22(26)10-14-24)17-25(29)27-15-16-32-18-21-6-4-3-5-20(21)2/h3-14H,15-18H2,1-2H3,(H,27,29). The Hall–Kier alpha value is -2.48. The Labute approximate surface area is 205 Å². The van der Waals surface area contributed by atoms with Crippen molar-refractivity contribution in [2.45, 2.75) is 24.5 Å². The van der Waals surface area contributed by atoms with Crippen molar-refractivity contribution in [2.24, 2.45) is 0 Å². The Kier molecular flexibility index (Phi) is 8.83. The third-order valence-corrected chi connectivity index (χ3v) is 8.15. The maximum absolute atomic E-state index is 13.3. The van der Waals surface area contributed by atoms with Crippen molar-refractivity contribution in [3.8, 4) is 0 Å². The summed E-state index contributed by atoms with van der Waals surface area (Å²) >= 11 is 7.64. The molecular weight excluding hydrogens is 476 g/mol. The van der Waals surface area contributed by atoms with E-state index in [2.05, 4.69) is 24.4 Å². The second-order valence-corrected chi connectivity index (χ2v) is 11.0. The monoisotopic (exact) mass is 502 g/mol. The van der Waals surface area contributed by atoms with Crippen LogP contribution in [-0.2, 0) is 20.6 Å². The smallest absolute Gasteiger partial charge is 0.264 e. The van der Waals surface area contributed by atoms with Gasteiger partial charge >= 0.3 is 0 Å². The number of benzene rings is 3. The van der Waals surface area contributed by atoms with Gasteiger partial charge in [-0.25, -0.2) is 8.42 Å². The van der Waals surface area contributed by atoms with E-state index in [0.29, 0.717) is 17.3 Å². The predicted octanol–water partition coefficient (Wildman–Crippen LogP) is 5.20. The zero-order chi connectivity index (χ0) is 23.8. The van der Waals surface area contributed by atoms with E-state index in [1.807, 2.05) is 31.2 Å². The van der Waals surface area contributed by atoms with Gasteiger partial charge in [-0.05, 0) is 61.4 Å². The molecule has 174 valence electrons. The van der Waals surface area contributed by atoms with Gasteiger partial charge in [0.15, 0.2) is 0 Å². The molecular formula is C25H27ClN2O3S2. The van der Waals surface area contributed by atoms with E-state index < -0.39 is 10.0 Å². The SMILES string of the molecule is Cc1ccc(N(CC(=O)NCCSCc2ccccc2C)S(=O)(=O)c2ccc(Cl)cc2)cc1.